The van der Waals surface area contributed by atoms with Crippen LogP contribution in [0.25, 0.3) is 27.9 Å². The van der Waals surface area contributed by atoms with E-state index >= 15 is 0 Å². The molecule has 3 N–H and O–H groups in total. The average molecular weight is 489 g/mol. The van der Waals surface area contributed by atoms with Crippen LogP contribution >= 0.6 is 0 Å². The number of ether oxygens (including phenoxy) is 1. The van der Waals surface area contributed by atoms with Gasteiger partial charge in [0.2, 0.25) is 5.95 Å². The molecule has 190 valence electrons. The molecule has 11 heteroatoms. The van der Waals surface area contributed by atoms with E-state index in [0.29, 0.717) is 34.0 Å². The molecule has 1 saturated carbocycles. The van der Waals surface area contributed by atoms with Gasteiger partial charge in [-0.15, -0.1) is 5.10 Å². The smallest absolute Gasteiger partial charge is 0.256 e. The first-order chi connectivity index (χ1) is 16.9. The Labute approximate surface area is 203 Å². The number of hydrogen-bond acceptors (Lipinski definition) is 7. The van der Waals surface area contributed by atoms with Crippen LogP contribution in [0.3, 0.4) is 0 Å². The lowest BCUT2D eigenvalue weighted by atomic mass is 10.0. The molecule has 0 aromatic carbocycles. The largest absolute Gasteiger partial charge is 0.388 e. The Morgan fingerprint density at radius 3 is 2.23 bits per heavy atom. The van der Waals surface area contributed by atoms with Crippen LogP contribution in [0.1, 0.15) is 44.3 Å². The van der Waals surface area contributed by atoms with Gasteiger partial charge in [0.05, 0.1) is 12.2 Å². The van der Waals surface area contributed by atoms with E-state index in [1.165, 1.54) is 43.1 Å². The summed E-state index contributed by atoms with van der Waals surface area (Å²) in [4.78, 5) is 13.1. The van der Waals surface area contributed by atoms with Crippen molar-refractivity contribution < 1.29 is 13.5 Å². The fourth-order valence-electron chi connectivity index (χ4n) is 4.10. The molecule has 0 radical (unpaired) electrons. The minimum atomic E-state index is -2.49. The number of anilines is 2. The predicted molar refractivity (Wildman–Crippen MR) is 135 cm³/mol. The van der Waals surface area contributed by atoms with E-state index in [4.69, 9.17) is 5.73 Å². The Bertz CT molecular complexity index is 1220. The van der Waals surface area contributed by atoms with E-state index in [1.54, 1.807) is 51.0 Å². The predicted octanol–water partition coefficient (Wildman–Crippen LogP) is 4.94. The van der Waals surface area contributed by atoms with Gasteiger partial charge in [0, 0.05) is 33.0 Å². The molecule has 0 spiro atoms. The molecule has 0 atom stereocenters. The number of alkyl halides is 2. The van der Waals surface area contributed by atoms with Crippen molar-refractivity contribution in [3.05, 3.63) is 30.2 Å². The number of fused-ring (bicyclic) bond motifs is 2. The van der Waals surface area contributed by atoms with Crippen LogP contribution < -0.4 is 11.1 Å². The van der Waals surface area contributed by atoms with Crippen molar-refractivity contribution in [2.75, 3.05) is 32.3 Å². The van der Waals surface area contributed by atoms with Crippen molar-refractivity contribution in [1.82, 2.24) is 29.1 Å². The number of nitrogens with one attached hydrogen (secondary N) is 1. The molecule has 0 aliphatic heterocycles. The summed E-state index contributed by atoms with van der Waals surface area (Å²) >= 11 is 0. The quantitative estimate of drug-likeness (QED) is 0.419. The van der Waals surface area contributed by atoms with Crippen molar-refractivity contribution >= 4 is 28.4 Å². The van der Waals surface area contributed by atoms with Gasteiger partial charge in [-0.3, -0.25) is 0 Å². The summed E-state index contributed by atoms with van der Waals surface area (Å²) < 4.78 is 33.1. The van der Waals surface area contributed by atoms with Crippen LogP contribution in [-0.4, -0.2) is 56.8 Å². The number of imidazole rings is 1. The standard InChI is InChI=1S/C16H16F2N8.C6H12.C2H6O/c1-8-21-11-4-3-10(22-15(11)25(8)7-12(17)18)9-5-6-26-13(9)14(20-2)23-16(19)24-26;1-2-4-6-5-3-1;1-3-2/h3-6,12H,7H2,1-2H3,(H3,19,20,23,24);1-6H2;1-2H3. The summed E-state index contributed by atoms with van der Waals surface area (Å²) in [7, 11) is 4.98. The molecule has 9 nitrogen and oxygen atoms in total. The Kier molecular flexibility index (Phi) is 9.30. The molecule has 1 fully saturated rings. The number of halogens is 2. The molecule has 0 amide bonds. The van der Waals surface area contributed by atoms with Gasteiger partial charge in [0.1, 0.15) is 16.9 Å². The average Bonchev–Trinajstić information content (AvgIpc) is 3.40. The first-order valence-electron chi connectivity index (χ1n) is 11.7. The molecule has 4 aromatic heterocycles. The SMILES string of the molecule is C1CCCCC1.CNc1nc(N)nn2ccc(-c3ccc4nc(C)n(CC(F)F)c4n3)c12.COC. The number of pyridine rings is 1. The third-order valence-electron chi connectivity index (χ3n) is 5.64. The van der Waals surface area contributed by atoms with Crippen molar-refractivity contribution in [3.63, 3.8) is 0 Å². The number of nitrogens with zero attached hydrogens (tertiary/aromatic N) is 6. The number of aryl methyl sites for hydroxylation is 1. The van der Waals surface area contributed by atoms with Gasteiger partial charge in [-0.05, 0) is 25.1 Å². The maximum atomic E-state index is 12.9. The number of hydrogen-bond donors (Lipinski definition) is 2. The highest BCUT2D eigenvalue weighted by Gasteiger charge is 2.17. The second-order valence-electron chi connectivity index (χ2n) is 8.32. The zero-order chi connectivity index (χ0) is 25.4. The van der Waals surface area contributed by atoms with Crippen molar-refractivity contribution in [2.24, 2.45) is 0 Å². The summed E-state index contributed by atoms with van der Waals surface area (Å²) in [6.07, 6.45) is 8.26. The number of nitrogen functional groups attached to an aromatic ring is 1. The van der Waals surface area contributed by atoms with E-state index in [2.05, 4.69) is 30.1 Å². The number of methoxy groups -OCH3 is 1. The Balaban J connectivity index is 0.000000323. The zero-order valence-corrected chi connectivity index (χ0v) is 20.8. The minimum absolute atomic E-state index is 0.137. The first kappa shape index (κ1) is 26.3. The van der Waals surface area contributed by atoms with E-state index < -0.39 is 13.0 Å². The fourth-order valence-corrected chi connectivity index (χ4v) is 4.10. The molecule has 35 heavy (non-hydrogen) atoms. The molecule has 0 unspecified atom stereocenters. The third kappa shape index (κ3) is 6.41. The van der Waals surface area contributed by atoms with Crippen LogP contribution in [0.15, 0.2) is 24.4 Å². The lowest BCUT2D eigenvalue weighted by Crippen LogP contribution is -2.09. The topological polar surface area (TPSA) is 108 Å². The van der Waals surface area contributed by atoms with Gasteiger partial charge in [-0.1, -0.05) is 38.5 Å². The maximum Gasteiger partial charge on any atom is 0.256 e. The molecule has 1 aliphatic rings. The molecule has 1 aliphatic carbocycles. The highest BCUT2D eigenvalue weighted by Crippen LogP contribution is 2.30. The van der Waals surface area contributed by atoms with Crippen LogP contribution in [0.4, 0.5) is 20.5 Å². The minimum Gasteiger partial charge on any atom is -0.388 e. The number of aromatic nitrogens is 6. The molecule has 5 rings (SSSR count). The molecule has 0 saturated heterocycles. The van der Waals surface area contributed by atoms with Crippen molar-refractivity contribution in [1.29, 1.82) is 0 Å². The lowest BCUT2D eigenvalue weighted by molar-refractivity contribution is 0.127. The van der Waals surface area contributed by atoms with Gasteiger partial charge in [-0.25, -0.2) is 23.3 Å². The highest BCUT2D eigenvalue weighted by atomic mass is 19.3. The molecular formula is C24H34F2N8O. The second kappa shape index (κ2) is 12.4. The molecule has 4 heterocycles. The highest BCUT2D eigenvalue weighted by molar-refractivity contribution is 5.89. The Morgan fingerprint density at radius 1 is 1.03 bits per heavy atom. The first-order valence-corrected chi connectivity index (χ1v) is 11.7. The van der Waals surface area contributed by atoms with Gasteiger partial charge in [0.15, 0.2) is 11.5 Å². The summed E-state index contributed by atoms with van der Waals surface area (Å²) in [6.45, 7) is 1.24. The molecular weight excluding hydrogens is 454 g/mol. The third-order valence-corrected chi connectivity index (χ3v) is 5.64. The van der Waals surface area contributed by atoms with Crippen LogP contribution in [0.5, 0.6) is 0 Å². The van der Waals surface area contributed by atoms with Crippen molar-refractivity contribution in [2.45, 2.75) is 58.4 Å². The zero-order valence-electron chi connectivity index (χ0n) is 20.8. The maximum absolute atomic E-state index is 12.9. The molecule has 0 bridgehead atoms. The Hall–Kier alpha value is -3.34. The van der Waals surface area contributed by atoms with E-state index in [-0.39, 0.29) is 5.95 Å². The second-order valence-corrected chi connectivity index (χ2v) is 8.32. The van der Waals surface area contributed by atoms with Crippen LogP contribution in [0, 0.1) is 6.92 Å². The summed E-state index contributed by atoms with van der Waals surface area (Å²) in [5.74, 6) is 1.19. The number of rotatable bonds is 4. The van der Waals surface area contributed by atoms with E-state index in [0.717, 1.165) is 5.56 Å². The number of nitrogens with two attached hydrogens (primary N) is 1. The Morgan fingerprint density at radius 2 is 1.66 bits per heavy atom. The van der Waals surface area contributed by atoms with Gasteiger partial charge in [0.25, 0.3) is 6.43 Å². The normalized spacial score (nSPS) is 13.3. The summed E-state index contributed by atoms with van der Waals surface area (Å²) in [5.41, 5.74) is 8.78. The van der Waals surface area contributed by atoms with E-state index in [9.17, 15) is 8.78 Å². The fraction of sp³-hybridized carbons (Fsp3) is 0.500. The van der Waals surface area contributed by atoms with E-state index in [1.807, 2.05) is 6.07 Å². The van der Waals surface area contributed by atoms with Gasteiger partial charge < -0.3 is 20.4 Å². The summed E-state index contributed by atoms with van der Waals surface area (Å²) in [5, 5.41) is 7.14. The summed E-state index contributed by atoms with van der Waals surface area (Å²) in [6, 6.07) is 5.40. The van der Waals surface area contributed by atoms with Gasteiger partial charge >= 0.3 is 0 Å². The van der Waals surface area contributed by atoms with Crippen LogP contribution in [-0.2, 0) is 11.3 Å². The monoisotopic (exact) mass is 488 g/mol. The van der Waals surface area contributed by atoms with Gasteiger partial charge in [-0.2, -0.15) is 4.98 Å². The molecule has 4 aromatic rings. The van der Waals surface area contributed by atoms with Crippen molar-refractivity contribution in [3.8, 4) is 11.3 Å². The lowest BCUT2D eigenvalue weighted by Gasteiger charge is -2.08. The van der Waals surface area contributed by atoms with Crippen LogP contribution in [0.2, 0.25) is 0 Å².